The monoisotopic (exact) mass is 363 g/mol. The van der Waals surface area contributed by atoms with Crippen molar-refractivity contribution in [2.24, 2.45) is 5.73 Å². The Labute approximate surface area is 153 Å². The molecule has 1 saturated heterocycles. The maximum Gasteiger partial charge on any atom is 0.260 e. The highest BCUT2D eigenvalue weighted by atomic mass is 19.1. The number of carbonyl (C=O) groups is 2. The number of halogens is 1. The van der Waals surface area contributed by atoms with Crippen LogP contribution in [0.1, 0.15) is 32.1 Å². The molecule has 2 aliphatic rings. The van der Waals surface area contributed by atoms with Crippen LogP contribution in [0, 0.1) is 5.82 Å². The van der Waals surface area contributed by atoms with E-state index in [0.29, 0.717) is 31.9 Å². The number of amides is 2. The van der Waals surface area contributed by atoms with E-state index < -0.39 is 5.54 Å². The van der Waals surface area contributed by atoms with Crippen LogP contribution in [0.2, 0.25) is 0 Å². The molecule has 0 atom stereocenters. The van der Waals surface area contributed by atoms with Crippen LogP contribution in [0.5, 0.6) is 5.75 Å². The minimum atomic E-state index is -0.726. The Kier molecular flexibility index (Phi) is 5.76. The smallest absolute Gasteiger partial charge is 0.260 e. The van der Waals surface area contributed by atoms with Gasteiger partial charge in [0.1, 0.15) is 11.6 Å². The second kappa shape index (κ2) is 8.03. The average Bonchev–Trinajstić information content (AvgIpc) is 2.67. The summed E-state index contributed by atoms with van der Waals surface area (Å²) in [4.78, 5) is 28.5. The molecule has 3 rings (SSSR count). The standard InChI is InChI=1S/C19H26FN3O3/c20-15-4-6-16(7-5-15)26-14-17(24)22-10-12-23(13-11-22)18(25)19(21)8-2-1-3-9-19/h4-7H,1-3,8-14,21H2. The zero-order valence-corrected chi connectivity index (χ0v) is 15.0. The van der Waals surface area contributed by atoms with Gasteiger partial charge < -0.3 is 20.3 Å². The molecule has 0 bridgehead atoms. The number of rotatable bonds is 4. The number of carbonyl (C=O) groups excluding carboxylic acids is 2. The van der Waals surface area contributed by atoms with Crippen molar-refractivity contribution in [1.29, 1.82) is 0 Å². The summed E-state index contributed by atoms with van der Waals surface area (Å²) in [6.45, 7) is 1.86. The van der Waals surface area contributed by atoms with Crippen LogP contribution in [-0.2, 0) is 9.59 Å². The van der Waals surface area contributed by atoms with Gasteiger partial charge in [0, 0.05) is 26.2 Å². The van der Waals surface area contributed by atoms with Crippen LogP contribution in [0.3, 0.4) is 0 Å². The highest BCUT2D eigenvalue weighted by Crippen LogP contribution is 2.28. The summed E-state index contributed by atoms with van der Waals surface area (Å²) in [5, 5.41) is 0. The van der Waals surface area contributed by atoms with Crippen LogP contribution >= 0.6 is 0 Å². The van der Waals surface area contributed by atoms with Crippen molar-refractivity contribution < 1.29 is 18.7 Å². The molecular formula is C19H26FN3O3. The molecule has 0 spiro atoms. The maximum absolute atomic E-state index is 12.9. The van der Waals surface area contributed by atoms with Crippen LogP contribution in [0.4, 0.5) is 4.39 Å². The fourth-order valence-corrected chi connectivity index (χ4v) is 3.64. The molecule has 1 heterocycles. The first-order chi connectivity index (χ1) is 12.5. The summed E-state index contributed by atoms with van der Waals surface area (Å²) in [5.41, 5.74) is 5.61. The molecular weight excluding hydrogens is 337 g/mol. The third-order valence-electron chi connectivity index (χ3n) is 5.27. The fraction of sp³-hybridized carbons (Fsp3) is 0.579. The molecule has 0 aromatic heterocycles. The molecule has 7 heteroatoms. The second-order valence-electron chi connectivity index (χ2n) is 7.13. The molecule has 0 radical (unpaired) electrons. The highest BCUT2D eigenvalue weighted by Gasteiger charge is 2.39. The van der Waals surface area contributed by atoms with E-state index in [4.69, 9.17) is 10.5 Å². The molecule has 0 unspecified atom stereocenters. The molecule has 2 amide bonds. The van der Waals surface area contributed by atoms with Gasteiger partial charge in [0.05, 0.1) is 5.54 Å². The zero-order chi connectivity index (χ0) is 18.6. The number of hydrogen-bond donors (Lipinski definition) is 1. The van der Waals surface area contributed by atoms with Gasteiger partial charge >= 0.3 is 0 Å². The van der Waals surface area contributed by atoms with Gasteiger partial charge in [0.2, 0.25) is 5.91 Å². The lowest BCUT2D eigenvalue weighted by molar-refractivity contribution is -0.144. The predicted octanol–water partition coefficient (Wildman–Crippen LogP) is 1.54. The van der Waals surface area contributed by atoms with Gasteiger partial charge in [-0.15, -0.1) is 0 Å². The van der Waals surface area contributed by atoms with Gasteiger partial charge in [-0.05, 0) is 37.1 Å². The molecule has 142 valence electrons. The van der Waals surface area contributed by atoms with Crippen LogP contribution < -0.4 is 10.5 Å². The topological polar surface area (TPSA) is 75.9 Å². The van der Waals surface area contributed by atoms with Crippen molar-refractivity contribution in [2.75, 3.05) is 32.8 Å². The number of benzene rings is 1. The lowest BCUT2D eigenvalue weighted by Gasteiger charge is -2.41. The normalized spacial score (nSPS) is 19.9. The van der Waals surface area contributed by atoms with E-state index in [2.05, 4.69) is 0 Å². The van der Waals surface area contributed by atoms with Crippen molar-refractivity contribution in [2.45, 2.75) is 37.6 Å². The summed E-state index contributed by atoms with van der Waals surface area (Å²) < 4.78 is 18.3. The number of piperazine rings is 1. The van der Waals surface area contributed by atoms with Gasteiger partial charge in [-0.2, -0.15) is 0 Å². The molecule has 1 saturated carbocycles. The highest BCUT2D eigenvalue weighted by molar-refractivity contribution is 5.86. The van der Waals surface area contributed by atoms with E-state index in [9.17, 15) is 14.0 Å². The molecule has 1 aliphatic heterocycles. The Morgan fingerprint density at radius 3 is 2.19 bits per heavy atom. The van der Waals surface area contributed by atoms with E-state index in [1.54, 1.807) is 9.80 Å². The van der Waals surface area contributed by atoms with Crippen molar-refractivity contribution >= 4 is 11.8 Å². The maximum atomic E-state index is 12.9. The van der Waals surface area contributed by atoms with Crippen LogP contribution in [0.25, 0.3) is 0 Å². The largest absolute Gasteiger partial charge is 0.484 e. The Hall–Kier alpha value is -2.15. The Bertz CT molecular complexity index is 636. The van der Waals surface area contributed by atoms with E-state index >= 15 is 0 Å². The molecule has 1 aromatic carbocycles. The number of nitrogens with zero attached hydrogens (tertiary/aromatic N) is 2. The molecule has 2 N–H and O–H groups in total. The predicted molar refractivity (Wildman–Crippen MR) is 95.1 cm³/mol. The van der Waals surface area contributed by atoms with Crippen molar-refractivity contribution in [3.63, 3.8) is 0 Å². The van der Waals surface area contributed by atoms with Gasteiger partial charge in [-0.3, -0.25) is 9.59 Å². The number of ether oxygens (including phenoxy) is 1. The fourth-order valence-electron chi connectivity index (χ4n) is 3.64. The Morgan fingerprint density at radius 1 is 1.00 bits per heavy atom. The summed E-state index contributed by atoms with van der Waals surface area (Å²) in [5.74, 6) is -0.00976. The molecule has 6 nitrogen and oxygen atoms in total. The van der Waals surface area contributed by atoms with E-state index in [-0.39, 0.29) is 24.2 Å². The Morgan fingerprint density at radius 2 is 1.58 bits per heavy atom. The second-order valence-corrected chi connectivity index (χ2v) is 7.13. The third-order valence-corrected chi connectivity index (χ3v) is 5.27. The first-order valence-corrected chi connectivity index (χ1v) is 9.22. The van der Waals surface area contributed by atoms with Crippen molar-refractivity contribution in [3.05, 3.63) is 30.1 Å². The SMILES string of the molecule is NC1(C(=O)N2CCN(C(=O)COc3ccc(F)cc3)CC2)CCCCC1. The first-order valence-electron chi connectivity index (χ1n) is 9.22. The molecule has 1 aliphatic carbocycles. The van der Waals surface area contributed by atoms with E-state index in [1.807, 2.05) is 0 Å². The number of nitrogens with two attached hydrogens (primary N) is 1. The average molecular weight is 363 g/mol. The first kappa shape index (κ1) is 18.6. The van der Waals surface area contributed by atoms with E-state index in [1.165, 1.54) is 24.3 Å². The summed E-state index contributed by atoms with van der Waals surface area (Å²) in [6.07, 6.45) is 4.64. The Balaban J connectivity index is 1.46. The zero-order valence-electron chi connectivity index (χ0n) is 15.0. The van der Waals surface area contributed by atoms with Gasteiger partial charge in [0.25, 0.3) is 5.91 Å². The van der Waals surface area contributed by atoms with Crippen LogP contribution in [-0.4, -0.2) is 59.9 Å². The van der Waals surface area contributed by atoms with Crippen LogP contribution in [0.15, 0.2) is 24.3 Å². The van der Waals surface area contributed by atoms with E-state index in [0.717, 1.165) is 32.1 Å². The van der Waals surface area contributed by atoms with Gasteiger partial charge in [0.15, 0.2) is 6.61 Å². The lowest BCUT2D eigenvalue weighted by atomic mass is 9.81. The third kappa shape index (κ3) is 4.33. The number of hydrogen-bond acceptors (Lipinski definition) is 4. The van der Waals surface area contributed by atoms with Gasteiger partial charge in [-0.1, -0.05) is 19.3 Å². The quantitative estimate of drug-likeness (QED) is 0.880. The summed E-state index contributed by atoms with van der Waals surface area (Å²) >= 11 is 0. The van der Waals surface area contributed by atoms with Crippen molar-refractivity contribution in [1.82, 2.24) is 9.80 Å². The van der Waals surface area contributed by atoms with Gasteiger partial charge in [-0.25, -0.2) is 4.39 Å². The minimum Gasteiger partial charge on any atom is -0.484 e. The molecule has 1 aromatic rings. The summed E-state index contributed by atoms with van der Waals surface area (Å²) in [7, 11) is 0. The minimum absolute atomic E-state index is 0.0202. The van der Waals surface area contributed by atoms with Crippen molar-refractivity contribution in [3.8, 4) is 5.75 Å². The molecule has 2 fully saturated rings. The summed E-state index contributed by atoms with van der Waals surface area (Å²) in [6, 6.07) is 5.56. The lowest BCUT2D eigenvalue weighted by Crippen LogP contribution is -2.60. The molecule has 26 heavy (non-hydrogen) atoms.